The predicted molar refractivity (Wildman–Crippen MR) is 78.6 cm³/mol. The molecule has 0 bridgehead atoms. The Morgan fingerprint density at radius 2 is 2.05 bits per heavy atom. The fraction of sp³-hybridized carbons (Fsp3) is 0.467. The fourth-order valence-electron chi connectivity index (χ4n) is 2.54. The van der Waals surface area contributed by atoms with E-state index < -0.39 is 6.03 Å². The van der Waals surface area contributed by atoms with E-state index in [9.17, 15) is 9.59 Å². The Kier molecular flexibility index (Phi) is 4.98. The van der Waals surface area contributed by atoms with Gasteiger partial charge in [0.2, 0.25) is 5.91 Å². The number of anilines is 1. The molecule has 5 nitrogen and oxygen atoms in total. The highest BCUT2D eigenvalue weighted by molar-refractivity contribution is 5.94. The maximum absolute atomic E-state index is 12.3. The molecular formula is C15H21N3O2. The van der Waals surface area contributed by atoms with Crippen molar-refractivity contribution in [2.45, 2.75) is 32.1 Å². The summed E-state index contributed by atoms with van der Waals surface area (Å²) in [6.45, 7) is 1.33. The molecule has 0 radical (unpaired) electrons. The highest BCUT2D eigenvalue weighted by Crippen LogP contribution is 2.27. The number of nitrogens with zero attached hydrogens (tertiary/aromatic N) is 1. The number of amides is 3. The molecule has 20 heavy (non-hydrogen) atoms. The Balaban J connectivity index is 1.83. The van der Waals surface area contributed by atoms with Gasteiger partial charge >= 0.3 is 6.03 Å². The van der Waals surface area contributed by atoms with E-state index in [1.807, 2.05) is 23.1 Å². The smallest absolute Gasteiger partial charge is 0.312 e. The van der Waals surface area contributed by atoms with E-state index in [-0.39, 0.29) is 5.91 Å². The van der Waals surface area contributed by atoms with Crippen molar-refractivity contribution in [3.63, 3.8) is 0 Å². The number of nitrogens with one attached hydrogen (secondary N) is 1. The second-order valence-electron chi connectivity index (χ2n) is 5.03. The molecular weight excluding hydrogens is 254 g/mol. The lowest BCUT2D eigenvalue weighted by Gasteiger charge is -2.29. The van der Waals surface area contributed by atoms with E-state index in [0.29, 0.717) is 13.0 Å². The number of primary amides is 1. The second-order valence-corrected chi connectivity index (χ2v) is 5.03. The van der Waals surface area contributed by atoms with Crippen molar-refractivity contribution in [3.8, 4) is 0 Å². The van der Waals surface area contributed by atoms with Gasteiger partial charge in [-0.25, -0.2) is 4.79 Å². The number of para-hydroxylation sites is 1. The molecule has 1 aromatic rings. The highest BCUT2D eigenvalue weighted by Gasteiger charge is 2.21. The van der Waals surface area contributed by atoms with Crippen LogP contribution in [0.1, 0.15) is 31.2 Å². The molecule has 0 spiro atoms. The molecule has 1 heterocycles. The Hall–Kier alpha value is -2.04. The molecule has 0 fully saturated rings. The molecule has 3 N–H and O–H groups in total. The maximum Gasteiger partial charge on any atom is 0.312 e. The lowest BCUT2D eigenvalue weighted by molar-refractivity contribution is -0.118. The summed E-state index contributed by atoms with van der Waals surface area (Å²) in [5, 5.41) is 2.53. The standard InChI is InChI=1S/C15H21N3O2/c16-15(20)17-10-4-3-9-14(19)18-11-5-7-12-6-1-2-8-13(12)18/h1-2,6,8H,3-5,7,9-11H2,(H3,16,17,20). The summed E-state index contributed by atoms with van der Waals surface area (Å²) >= 11 is 0. The van der Waals surface area contributed by atoms with Gasteiger partial charge in [-0.15, -0.1) is 0 Å². The van der Waals surface area contributed by atoms with Crippen LogP contribution in [0.25, 0.3) is 0 Å². The van der Waals surface area contributed by atoms with Crippen LogP contribution in [0.5, 0.6) is 0 Å². The summed E-state index contributed by atoms with van der Waals surface area (Å²) in [4.78, 5) is 24.7. The summed E-state index contributed by atoms with van der Waals surface area (Å²) < 4.78 is 0. The van der Waals surface area contributed by atoms with E-state index in [4.69, 9.17) is 5.73 Å². The predicted octanol–water partition coefficient (Wildman–Crippen LogP) is 1.80. The molecule has 5 heteroatoms. The number of hydrogen-bond donors (Lipinski definition) is 2. The third kappa shape index (κ3) is 3.73. The molecule has 1 aliphatic rings. The zero-order valence-corrected chi connectivity index (χ0v) is 11.6. The maximum atomic E-state index is 12.3. The van der Waals surface area contributed by atoms with Crippen molar-refractivity contribution in [3.05, 3.63) is 29.8 Å². The number of hydrogen-bond acceptors (Lipinski definition) is 2. The van der Waals surface area contributed by atoms with Crippen molar-refractivity contribution >= 4 is 17.6 Å². The second kappa shape index (κ2) is 6.93. The first-order chi connectivity index (χ1) is 9.68. The summed E-state index contributed by atoms with van der Waals surface area (Å²) in [7, 11) is 0. The molecule has 1 aromatic carbocycles. The highest BCUT2D eigenvalue weighted by atomic mass is 16.2. The Bertz CT molecular complexity index is 488. The Labute approximate surface area is 119 Å². The first kappa shape index (κ1) is 14.4. The lowest BCUT2D eigenvalue weighted by atomic mass is 10.0. The molecule has 0 saturated heterocycles. The van der Waals surface area contributed by atoms with Gasteiger partial charge in [0.05, 0.1) is 0 Å². The lowest BCUT2D eigenvalue weighted by Crippen LogP contribution is -2.35. The summed E-state index contributed by atoms with van der Waals surface area (Å²) in [5.41, 5.74) is 7.29. The van der Waals surface area contributed by atoms with Crippen LogP contribution in [0.2, 0.25) is 0 Å². The minimum atomic E-state index is -0.513. The zero-order valence-electron chi connectivity index (χ0n) is 11.6. The molecule has 0 unspecified atom stereocenters. The number of benzene rings is 1. The van der Waals surface area contributed by atoms with Crippen LogP contribution in [0.4, 0.5) is 10.5 Å². The quantitative estimate of drug-likeness (QED) is 0.804. The number of carbonyl (C=O) groups excluding carboxylic acids is 2. The van der Waals surface area contributed by atoms with E-state index in [1.165, 1.54) is 5.56 Å². The molecule has 108 valence electrons. The van der Waals surface area contributed by atoms with Crippen molar-refractivity contribution < 1.29 is 9.59 Å². The van der Waals surface area contributed by atoms with Crippen molar-refractivity contribution in [1.82, 2.24) is 5.32 Å². The van der Waals surface area contributed by atoms with Crippen LogP contribution >= 0.6 is 0 Å². The van der Waals surface area contributed by atoms with E-state index in [1.54, 1.807) is 0 Å². The van der Waals surface area contributed by atoms with Gasteiger partial charge in [0.25, 0.3) is 0 Å². The van der Waals surface area contributed by atoms with Gasteiger partial charge in [-0.05, 0) is 37.3 Å². The Morgan fingerprint density at radius 3 is 2.85 bits per heavy atom. The first-order valence-electron chi connectivity index (χ1n) is 7.10. The molecule has 0 saturated carbocycles. The topological polar surface area (TPSA) is 75.4 Å². The average molecular weight is 275 g/mol. The van der Waals surface area contributed by atoms with Crippen molar-refractivity contribution in [1.29, 1.82) is 0 Å². The molecule has 0 aromatic heterocycles. The van der Waals surface area contributed by atoms with Gasteiger partial charge in [0.1, 0.15) is 0 Å². The SMILES string of the molecule is NC(=O)NCCCCC(=O)N1CCCc2ccccc21. The van der Waals surface area contributed by atoms with Crippen LogP contribution in [-0.4, -0.2) is 25.0 Å². The number of rotatable bonds is 5. The van der Waals surface area contributed by atoms with Crippen LogP contribution in [0.15, 0.2) is 24.3 Å². The van der Waals surface area contributed by atoms with Gasteiger partial charge in [0.15, 0.2) is 0 Å². The van der Waals surface area contributed by atoms with Gasteiger partial charge in [-0.2, -0.15) is 0 Å². The van der Waals surface area contributed by atoms with E-state index in [0.717, 1.165) is 37.9 Å². The molecule has 1 aliphatic heterocycles. The summed E-state index contributed by atoms with van der Waals surface area (Å²) in [5.74, 6) is 0.163. The third-order valence-electron chi connectivity index (χ3n) is 3.53. The third-order valence-corrected chi connectivity index (χ3v) is 3.53. The largest absolute Gasteiger partial charge is 0.352 e. The number of urea groups is 1. The molecule has 0 aliphatic carbocycles. The van der Waals surface area contributed by atoms with E-state index in [2.05, 4.69) is 11.4 Å². The number of nitrogens with two attached hydrogens (primary N) is 1. The number of aryl methyl sites for hydroxylation is 1. The summed E-state index contributed by atoms with van der Waals surface area (Å²) in [6.07, 6.45) is 4.10. The normalized spacial score (nSPS) is 13.7. The number of carbonyl (C=O) groups is 2. The zero-order chi connectivity index (χ0) is 14.4. The van der Waals surface area contributed by atoms with Crippen LogP contribution in [0, 0.1) is 0 Å². The van der Waals surface area contributed by atoms with Crippen LogP contribution in [0.3, 0.4) is 0 Å². The summed E-state index contributed by atoms with van der Waals surface area (Å²) in [6, 6.07) is 7.58. The number of fused-ring (bicyclic) bond motifs is 1. The first-order valence-corrected chi connectivity index (χ1v) is 7.10. The molecule has 0 atom stereocenters. The molecule has 2 rings (SSSR count). The van der Waals surface area contributed by atoms with Gasteiger partial charge in [-0.1, -0.05) is 18.2 Å². The van der Waals surface area contributed by atoms with E-state index >= 15 is 0 Å². The molecule has 3 amide bonds. The van der Waals surface area contributed by atoms with Gasteiger partial charge < -0.3 is 16.0 Å². The minimum Gasteiger partial charge on any atom is -0.352 e. The average Bonchev–Trinajstić information content (AvgIpc) is 2.45. The number of unbranched alkanes of at least 4 members (excludes halogenated alkanes) is 1. The van der Waals surface area contributed by atoms with Crippen LogP contribution in [-0.2, 0) is 11.2 Å². The minimum absolute atomic E-state index is 0.163. The monoisotopic (exact) mass is 275 g/mol. The Morgan fingerprint density at radius 1 is 1.25 bits per heavy atom. The van der Waals surface area contributed by atoms with Gasteiger partial charge in [-0.3, -0.25) is 4.79 Å². The van der Waals surface area contributed by atoms with Crippen molar-refractivity contribution in [2.24, 2.45) is 5.73 Å². The van der Waals surface area contributed by atoms with Crippen LogP contribution < -0.4 is 16.0 Å². The van der Waals surface area contributed by atoms with Gasteiger partial charge in [0, 0.05) is 25.2 Å². The van der Waals surface area contributed by atoms with Crippen molar-refractivity contribution in [2.75, 3.05) is 18.0 Å². The fourth-order valence-corrected chi connectivity index (χ4v) is 2.54.